The predicted molar refractivity (Wildman–Crippen MR) is 48.7 cm³/mol. The second kappa shape index (κ2) is 4.20. The van der Waals surface area contributed by atoms with E-state index in [-0.39, 0.29) is 9.84 Å². The van der Waals surface area contributed by atoms with E-state index in [1.54, 1.807) is 0 Å². The van der Waals surface area contributed by atoms with Crippen molar-refractivity contribution in [1.82, 2.24) is 9.13 Å². The van der Waals surface area contributed by atoms with E-state index in [0.717, 1.165) is 19.7 Å². The highest BCUT2D eigenvalue weighted by Gasteiger charge is 2.34. The van der Waals surface area contributed by atoms with Gasteiger partial charge in [-0.05, 0) is 20.0 Å². The van der Waals surface area contributed by atoms with Gasteiger partial charge in [0.05, 0.1) is 0 Å². The molecule has 0 radical (unpaired) electrons. The Morgan fingerprint density at radius 1 is 1.18 bits per heavy atom. The highest BCUT2D eigenvalue weighted by atomic mass is 28.2. The van der Waals surface area contributed by atoms with Crippen molar-refractivity contribution >= 4 is 9.84 Å². The second-order valence-corrected chi connectivity index (χ2v) is 4.64. The molecule has 3 nitrogen and oxygen atoms in total. The maximum absolute atomic E-state index is 5.57. The summed E-state index contributed by atoms with van der Waals surface area (Å²) in [5.41, 5.74) is 0. The highest BCUT2D eigenvalue weighted by Crippen LogP contribution is 2.15. The average Bonchev–Trinajstić information content (AvgIpc) is 2.00. The molecule has 1 rings (SSSR count). The lowest BCUT2D eigenvalue weighted by molar-refractivity contribution is -0.127. The molecule has 0 aromatic carbocycles. The van der Waals surface area contributed by atoms with E-state index in [1.807, 2.05) is 0 Å². The molecule has 0 amide bonds. The minimum Gasteiger partial charge on any atom is -0.351 e. The van der Waals surface area contributed by atoms with E-state index in [9.17, 15) is 0 Å². The molecule has 0 aliphatic carbocycles. The molecule has 11 heavy (non-hydrogen) atoms. The van der Waals surface area contributed by atoms with Gasteiger partial charge in [-0.2, -0.15) is 0 Å². The number of nitrogens with zero attached hydrogens (tertiary/aromatic N) is 2. The summed E-state index contributed by atoms with van der Waals surface area (Å²) < 4.78 is 10.5. The molecular formula is C7H18N2OSi. The van der Waals surface area contributed by atoms with Crippen LogP contribution in [0, 0.1) is 0 Å². The van der Waals surface area contributed by atoms with Gasteiger partial charge in [-0.1, -0.05) is 13.8 Å². The molecule has 0 N–H and O–H groups in total. The average molecular weight is 174 g/mol. The monoisotopic (exact) mass is 174 g/mol. The Morgan fingerprint density at radius 2 is 1.73 bits per heavy atom. The van der Waals surface area contributed by atoms with Gasteiger partial charge >= 0.3 is 0 Å². The number of hydrogen-bond acceptors (Lipinski definition) is 3. The highest BCUT2D eigenvalue weighted by molar-refractivity contribution is 6.31. The summed E-state index contributed by atoms with van der Waals surface area (Å²) in [6.07, 6.45) is 0.321. The Balaban J connectivity index is 2.30. The van der Waals surface area contributed by atoms with Crippen molar-refractivity contribution in [1.29, 1.82) is 0 Å². The van der Waals surface area contributed by atoms with Gasteiger partial charge in [0, 0.05) is 6.61 Å². The van der Waals surface area contributed by atoms with E-state index in [0.29, 0.717) is 6.35 Å². The normalized spacial score (nSPS) is 29.2. The first-order valence-electron chi connectivity index (χ1n) is 4.43. The van der Waals surface area contributed by atoms with Gasteiger partial charge in [-0.15, -0.1) is 0 Å². The summed E-state index contributed by atoms with van der Waals surface area (Å²) in [6.45, 7) is 9.58. The molecule has 1 fully saturated rings. The van der Waals surface area contributed by atoms with Crippen LogP contribution in [0.15, 0.2) is 0 Å². The van der Waals surface area contributed by atoms with Gasteiger partial charge in [-0.25, -0.2) is 0 Å². The van der Waals surface area contributed by atoms with Crippen LogP contribution >= 0.6 is 0 Å². The quantitative estimate of drug-likeness (QED) is 0.556. The Morgan fingerprint density at radius 3 is 2.09 bits per heavy atom. The predicted octanol–water partition coefficient (Wildman–Crippen LogP) is -0.0373. The Labute approximate surface area is 71.3 Å². The van der Waals surface area contributed by atoms with Crippen molar-refractivity contribution in [3.8, 4) is 0 Å². The van der Waals surface area contributed by atoms with Crippen LogP contribution in [0.25, 0.3) is 0 Å². The number of hydrogen-bond donors (Lipinski definition) is 0. The molecule has 0 aromatic heterocycles. The largest absolute Gasteiger partial charge is 0.351 e. The van der Waals surface area contributed by atoms with E-state index < -0.39 is 0 Å². The van der Waals surface area contributed by atoms with E-state index >= 15 is 0 Å². The molecular weight excluding hydrogens is 156 g/mol. The molecule has 0 bridgehead atoms. The van der Waals surface area contributed by atoms with Crippen molar-refractivity contribution in [3.63, 3.8) is 0 Å². The minimum absolute atomic E-state index is 0.0932. The fraction of sp³-hybridized carbons (Fsp3) is 1.00. The van der Waals surface area contributed by atoms with Crippen LogP contribution in [-0.2, 0) is 4.74 Å². The van der Waals surface area contributed by atoms with Gasteiger partial charge < -0.3 is 4.74 Å². The first-order chi connectivity index (χ1) is 5.33. The summed E-state index contributed by atoms with van der Waals surface area (Å²) >= 11 is 0. The van der Waals surface area contributed by atoms with Gasteiger partial charge in [-0.3, -0.25) is 9.13 Å². The summed E-state index contributed by atoms with van der Waals surface area (Å²) in [4.78, 5) is 0. The molecule has 0 saturated carbocycles. The van der Waals surface area contributed by atoms with E-state index in [2.05, 4.69) is 29.9 Å². The first kappa shape index (κ1) is 9.19. The molecule has 0 unspecified atom stereocenters. The van der Waals surface area contributed by atoms with Crippen LogP contribution in [0.1, 0.15) is 20.8 Å². The summed E-state index contributed by atoms with van der Waals surface area (Å²) in [6, 6.07) is 0. The lowest BCUT2D eigenvalue weighted by Gasteiger charge is -2.49. The fourth-order valence-corrected chi connectivity index (χ4v) is 2.89. The van der Waals surface area contributed by atoms with Crippen LogP contribution in [0.3, 0.4) is 0 Å². The molecule has 0 spiro atoms. The van der Waals surface area contributed by atoms with Gasteiger partial charge in [0.15, 0.2) is 16.2 Å². The summed E-state index contributed by atoms with van der Waals surface area (Å²) in [7, 11) is -0.0932. The van der Waals surface area contributed by atoms with Crippen LogP contribution in [0.5, 0.6) is 0 Å². The van der Waals surface area contributed by atoms with Crippen molar-refractivity contribution in [2.24, 2.45) is 0 Å². The molecule has 1 aliphatic rings. The SMILES string of the molecule is CCOC1N(CC)[SiH2]N1CC. The Bertz CT molecular complexity index is 113. The van der Waals surface area contributed by atoms with Crippen molar-refractivity contribution in [2.75, 3.05) is 19.7 Å². The number of rotatable bonds is 4. The third-order valence-electron chi connectivity index (χ3n) is 2.12. The van der Waals surface area contributed by atoms with Crippen molar-refractivity contribution in [2.45, 2.75) is 27.1 Å². The molecule has 1 heterocycles. The maximum atomic E-state index is 5.57. The van der Waals surface area contributed by atoms with Crippen LogP contribution in [0.4, 0.5) is 0 Å². The molecule has 1 saturated heterocycles. The molecule has 4 heteroatoms. The molecule has 0 atom stereocenters. The standard InChI is InChI=1S/C7H18N2OSi/c1-4-8-7(10-6-3)9(5-2)11-8/h7H,4-6,11H2,1-3H3. The van der Waals surface area contributed by atoms with Gasteiger partial charge in [0.2, 0.25) is 0 Å². The third kappa shape index (κ3) is 1.82. The topological polar surface area (TPSA) is 15.7 Å². The van der Waals surface area contributed by atoms with Gasteiger partial charge in [0.1, 0.15) is 0 Å². The molecule has 0 aromatic rings. The molecule has 1 aliphatic heterocycles. The second-order valence-electron chi connectivity index (χ2n) is 2.73. The lowest BCUT2D eigenvalue weighted by atomic mass is 10.6. The van der Waals surface area contributed by atoms with Crippen LogP contribution in [0.2, 0.25) is 0 Å². The molecule has 66 valence electrons. The van der Waals surface area contributed by atoms with E-state index in [4.69, 9.17) is 4.74 Å². The maximum Gasteiger partial charge on any atom is 0.179 e. The lowest BCUT2D eigenvalue weighted by Crippen LogP contribution is -2.67. The Hall–Kier alpha value is 0.0969. The fourth-order valence-electron chi connectivity index (χ4n) is 1.38. The van der Waals surface area contributed by atoms with Crippen LogP contribution in [-0.4, -0.2) is 45.0 Å². The number of ether oxygens (including phenoxy) is 1. The van der Waals surface area contributed by atoms with E-state index in [1.165, 1.54) is 0 Å². The minimum atomic E-state index is -0.0932. The third-order valence-corrected chi connectivity index (χ3v) is 4.36. The zero-order valence-corrected chi connectivity index (χ0v) is 9.12. The first-order valence-corrected chi connectivity index (χ1v) is 5.69. The van der Waals surface area contributed by atoms with Crippen molar-refractivity contribution in [3.05, 3.63) is 0 Å². The summed E-state index contributed by atoms with van der Waals surface area (Å²) in [5.74, 6) is 0. The summed E-state index contributed by atoms with van der Waals surface area (Å²) in [5, 5.41) is 0. The zero-order valence-electron chi connectivity index (χ0n) is 7.71. The van der Waals surface area contributed by atoms with Crippen molar-refractivity contribution < 1.29 is 4.74 Å². The van der Waals surface area contributed by atoms with Gasteiger partial charge in [0.25, 0.3) is 0 Å². The smallest absolute Gasteiger partial charge is 0.179 e. The zero-order chi connectivity index (χ0) is 8.27. The Kier molecular flexibility index (Phi) is 3.51. The van der Waals surface area contributed by atoms with Crippen LogP contribution < -0.4 is 0 Å².